The summed E-state index contributed by atoms with van der Waals surface area (Å²) in [5.41, 5.74) is 4.52. The first-order valence-corrected chi connectivity index (χ1v) is 8.56. The van der Waals surface area contributed by atoms with Crippen LogP contribution in [0.3, 0.4) is 0 Å². The lowest BCUT2D eigenvalue weighted by atomic mass is 10.1. The number of carbonyl (C=O) groups excluding carboxylic acids is 1. The first-order chi connectivity index (χ1) is 13.4. The number of rotatable bonds is 4. The number of hydrogen-bond acceptors (Lipinski definition) is 6. The third kappa shape index (κ3) is 4.68. The molecule has 1 amide bonds. The topological polar surface area (TPSA) is 74.5 Å². The Morgan fingerprint density at radius 2 is 1.69 bits per heavy atom. The Bertz CT molecular complexity index is 935. The van der Waals surface area contributed by atoms with Gasteiger partial charge in [-0.05, 0) is 18.2 Å². The molecule has 3 rings (SSSR count). The van der Waals surface area contributed by atoms with E-state index in [9.17, 15) is 31.1 Å². The number of nitrogens with one attached hydrogen (secondary N) is 1. The van der Waals surface area contributed by atoms with Crippen molar-refractivity contribution in [1.82, 2.24) is 15.5 Å². The smallest absolute Gasteiger partial charge is 0.365 e. The minimum absolute atomic E-state index is 0.000905. The van der Waals surface area contributed by atoms with Crippen LogP contribution in [-0.4, -0.2) is 15.9 Å². The van der Waals surface area contributed by atoms with Crippen molar-refractivity contribution in [3.05, 3.63) is 64.5 Å². The lowest BCUT2D eigenvalue weighted by Gasteiger charge is -2.22. The van der Waals surface area contributed by atoms with Crippen LogP contribution >= 0.6 is 11.3 Å². The first kappa shape index (κ1) is 20.7. The van der Waals surface area contributed by atoms with Gasteiger partial charge < -0.3 is 5.73 Å². The Morgan fingerprint density at radius 1 is 1.07 bits per heavy atom. The Morgan fingerprint density at radius 3 is 2.17 bits per heavy atom. The number of carbonyl (C=O) groups is 1. The van der Waals surface area contributed by atoms with E-state index >= 15 is 0 Å². The van der Waals surface area contributed by atoms with Crippen molar-refractivity contribution in [1.29, 1.82) is 0 Å². The van der Waals surface area contributed by atoms with Crippen LogP contribution in [0.4, 0.5) is 32.0 Å². The maximum absolute atomic E-state index is 13.0. The van der Waals surface area contributed by atoms with Gasteiger partial charge in [0.15, 0.2) is 0 Å². The van der Waals surface area contributed by atoms with E-state index in [0.29, 0.717) is 17.1 Å². The number of anilines is 1. The van der Waals surface area contributed by atoms with E-state index in [2.05, 4.69) is 10.5 Å². The number of halogens is 6. The zero-order chi connectivity index (χ0) is 21.4. The van der Waals surface area contributed by atoms with Crippen molar-refractivity contribution in [2.75, 3.05) is 5.01 Å². The molecule has 0 fully saturated rings. The second kappa shape index (κ2) is 7.40. The van der Waals surface area contributed by atoms with Crippen molar-refractivity contribution in [2.45, 2.75) is 12.4 Å². The fourth-order valence-corrected chi connectivity index (χ4v) is 3.00. The number of primary amides is 1. The third-order valence-electron chi connectivity index (χ3n) is 3.65. The number of hydrogen-bond donors (Lipinski definition) is 2. The number of alkyl halides is 6. The van der Waals surface area contributed by atoms with E-state index in [-0.39, 0.29) is 11.6 Å². The average Bonchev–Trinajstić information content (AvgIpc) is 3.29. The number of benzene rings is 1. The summed E-state index contributed by atoms with van der Waals surface area (Å²) in [5, 5.41) is 3.98. The predicted molar refractivity (Wildman–Crippen MR) is 92.3 cm³/mol. The van der Waals surface area contributed by atoms with Gasteiger partial charge in [0.1, 0.15) is 5.01 Å². The Balaban J connectivity index is 1.91. The molecular formula is C16H11F6N5OS. The first-order valence-electron chi connectivity index (χ1n) is 7.68. The standard InChI is InChI=1S/C16H11F6N5OS/c17-15(18,19)9-5-10(16(20,21)22)7-11(6-9)27-3-2-26(25-27)8-12(13(23)28)14-24-1-4-29-14/h1-8,25H,(H2,23,28)/b12-8+. The van der Waals surface area contributed by atoms with Gasteiger partial charge in [0, 0.05) is 30.2 Å². The van der Waals surface area contributed by atoms with Gasteiger partial charge in [0.25, 0.3) is 5.91 Å². The molecular weight excluding hydrogens is 424 g/mol. The zero-order valence-corrected chi connectivity index (χ0v) is 14.9. The normalized spacial score (nSPS) is 15.3. The van der Waals surface area contributed by atoms with Crippen molar-refractivity contribution < 1.29 is 31.1 Å². The molecule has 29 heavy (non-hydrogen) atoms. The van der Waals surface area contributed by atoms with Gasteiger partial charge in [-0.3, -0.25) is 14.8 Å². The molecule has 6 nitrogen and oxygen atoms in total. The monoisotopic (exact) mass is 435 g/mol. The molecule has 0 unspecified atom stereocenters. The number of nitrogens with two attached hydrogens (primary N) is 1. The lowest BCUT2D eigenvalue weighted by Crippen LogP contribution is -2.37. The van der Waals surface area contributed by atoms with Crippen molar-refractivity contribution in [2.24, 2.45) is 5.73 Å². The lowest BCUT2D eigenvalue weighted by molar-refractivity contribution is -0.143. The molecule has 1 aliphatic rings. The molecule has 2 heterocycles. The molecule has 1 aliphatic heterocycles. The number of amides is 1. The molecule has 1 aromatic heterocycles. The molecule has 1 aromatic carbocycles. The van der Waals surface area contributed by atoms with E-state index in [1.54, 1.807) is 5.38 Å². The van der Waals surface area contributed by atoms with Crippen LogP contribution in [0.2, 0.25) is 0 Å². The van der Waals surface area contributed by atoms with E-state index < -0.39 is 35.1 Å². The summed E-state index contributed by atoms with van der Waals surface area (Å²) < 4.78 is 78.1. The van der Waals surface area contributed by atoms with Crippen molar-refractivity contribution in [3.8, 4) is 0 Å². The van der Waals surface area contributed by atoms with E-state index in [1.807, 2.05) is 0 Å². The molecule has 3 N–H and O–H groups in total. The number of nitrogens with zero attached hydrogens (tertiary/aromatic N) is 3. The summed E-state index contributed by atoms with van der Waals surface area (Å²) >= 11 is 1.13. The van der Waals surface area contributed by atoms with Crippen LogP contribution in [0, 0.1) is 0 Å². The highest BCUT2D eigenvalue weighted by atomic mass is 32.1. The van der Waals surface area contributed by atoms with E-state index in [4.69, 9.17) is 5.73 Å². The molecule has 0 saturated carbocycles. The number of thiazole rings is 1. The maximum Gasteiger partial charge on any atom is 0.416 e. The molecule has 0 spiro atoms. The minimum Gasteiger partial charge on any atom is -0.365 e. The summed E-state index contributed by atoms with van der Waals surface area (Å²) in [6.07, 6.45) is -4.81. The van der Waals surface area contributed by atoms with Crippen LogP contribution in [-0.2, 0) is 17.1 Å². The molecule has 154 valence electrons. The van der Waals surface area contributed by atoms with Gasteiger partial charge >= 0.3 is 12.4 Å². The van der Waals surface area contributed by atoms with Crippen molar-refractivity contribution in [3.63, 3.8) is 0 Å². The second-order valence-electron chi connectivity index (χ2n) is 5.68. The number of aromatic nitrogens is 1. The predicted octanol–water partition coefficient (Wildman–Crippen LogP) is 3.72. The van der Waals surface area contributed by atoms with E-state index in [0.717, 1.165) is 21.4 Å². The molecule has 13 heteroatoms. The summed E-state index contributed by atoms with van der Waals surface area (Å²) in [6, 6.07) is 1.17. The van der Waals surface area contributed by atoms with Gasteiger partial charge in [-0.2, -0.15) is 26.3 Å². The molecule has 0 saturated heterocycles. The minimum atomic E-state index is -4.97. The van der Waals surface area contributed by atoms with Crippen molar-refractivity contribution >= 4 is 28.5 Å². The summed E-state index contributed by atoms with van der Waals surface area (Å²) in [7, 11) is 0. The highest BCUT2D eigenvalue weighted by molar-refractivity contribution is 7.11. The zero-order valence-electron chi connectivity index (χ0n) is 14.1. The third-order valence-corrected chi connectivity index (χ3v) is 4.45. The summed E-state index contributed by atoms with van der Waals surface area (Å²) in [4.78, 5) is 15.6. The fraction of sp³-hybridized carbons (Fsp3) is 0.125. The van der Waals surface area contributed by atoms with Gasteiger partial charge in [0.2, 0.25) is 0 Å². The van der Waals surface area contributed by atoms with Crippen LogP contribution in [0.25, 0.3) is 5.57 Å². The Kier molecular flexibility index (Phi) is 5.28. The molecule has 0 bridgehead atoms. The highest BCUT2D eigenvalue weighted by Gasteiger charge is 2.37. The summed E-state index contributed by atoms with van der Waals surface area (Å²) in [5.74, 6) is -0.813. The van der Waals surface area contributed by atoms with Crippen LogP contribution < -0.4 is 16.3 Å². The van der Waals surface area contributed by atoms with Gasteiger partial charge in [0.05, 0.1) is 22.4 Å². The Labute approximate surface area is 163 Å². The fourth-order valence-electron chi connectivity index (χ4n) is 2.34. The molecule has 0 atom stereocenters. The molecule has 0 radical (unpaired) electrons. The van der Waals surface area contributed by atoms with Gasteiger partial charge in [-0.1, -0.05) is 0 Å². The SMILES string of the molecule is NC(=O)/C(=C\N1C=CN(c2cc(C(F)(F)F)cc(C(F)(F)F)c2)N1)c1nccs1. The quantitative estimate of drug-likeness (QED) is 0.566. The van der Waals surface area contributed by atoms with Crippen LogP contribution in [0.1, 0.15) is 16.1 Å². The van der Waals surface area contributed by atoms with Crippen LogP contribution in [0.5, 0.6) is 0 Å². The molecule has 2 aromatic rings. The van der Waals surface area contributed by atoms with Crippen LogP contribution in [0.15, 0.2) is 48.4 Å². The largest absolute Gasteiger partial charge is 0.416 e. The van der Waals surface area contributed by atoms with Gasteiger partial charge in [-0.15, -0.1) is 16.9 Å². The second-order valence-corrected chi connectivity index (χ2v) is 6.58. The molecule has 0 aliphatic carbocycles. The maximum atomic E-state index is 13.0. The number of hydrazine groups is 2. The summed E-state index contributed by atoms with van der Waals surface area (Å²) in [6.45, 7) is 0. The average molecular weight is 435 g/mol. The Hall–Kier alpha value is -3.06. The van der Waals surface area contributed by atoms with Gasteiger partial charge in [-0.25, -0.2) is 4.98 Å². The highest BCUT2D eigenvalue weighted by Crippen LogP contribution is 2.38. The van der Waals surface area contributed by atoms with E-state index in [1.165, 1.54) is 24.8 Å².